The maximum Gasteiger partial charge on any atom is 0.255 e. The van der Waals surface area contributed by atoms with Crippen molar-refractivity contribution in [3.05, 3.63) is 83.7 Å². The summed E-state index contributed by atoms with van der Waals surface area (Å²) in [5.41, 5.74) is 3.00. The van der Waals surface area contributed by atoms with E-state index in [2.05, 4.69) is 10.6 Å². The molecule has 0 fully saturated rings. The van der Waals surface area contributed by atoms with Crippen LogP contribution < -0.4 is 20.1 Å². The molecule has 0 unspecified atom stereocenters. The Kier molecular flexibility index (Phi) is 6.68. The largest absolute Gasteiger partial charge is 0.493 e. The number of rotatable bonds is 8. The Morgan fingerprint density at radius 3 is 2.31 bits per heavy atom. The first kappa shape index (κ1) is 20.2. The number of hydrogen-bond acceptors (Lipinski definition) is 4. The topological polar surface area (TPSA) is 59.6 Å². The first-order valence-corrected chi connectivity index (χ1v) is 9.21. The fraction of sp³-hybridized carbons (Fsp3) is 0.174. The van der Waals surface area contributed by atoms with Crippen molar-refractivity contribution in [2.75, 3.05) is 31.4 Å². The number of amides is 1. The van der Waals surface area contributed by atoms with Crippen molar-refractivity contribution in [1.29, 1.82) is 0 Å². The van der Waals surface area contributed by atoms with Gasteiger partial charge in [0, 0.05) is 23.5 Å². The lowest BCUT2D eigenvalue weighted by Gasteiger charge is -2.11. The smallest absolute Gasteiger partial charge is 0.255 e. The van der Waals surface area contributed by atoms with Crippen LogP contribution in [0.15, 0.2) is 66.7 Å². The number of ether oxygens (including phenoxy) is 2. The molecule has 0 spiro atoms. The minimum atomic E-state index is -0.438. The number of benzene rings is 3. The lowest BCUT2D eigenvalue weighted by atomic mass is 10.1. The average molecular weight is 394 g/mol. The van der Waals surface area contributed by atoms with Crippen LogP contribution >= 0.6 is 0 Å². The van der Waals surface area contributed by atoms with Crippen LogP contribution in [0.2, 0.25) is 0 Å². The summed E-state index contributed by atoms with van der Waals surface area (Å²) >= 11 is 0. The van der Waals surface area contributed by atoms with Crippen molar-refractivity contribution >= 4 is 17.3 Å². The molecule has 150 valence electrons. The predicted octanol–water partition coefficient (Wildman–Crippen LogP) is 4.75. The van der Waals surface area contributed by atoms with Crippen molar-refractivity contribution in [1.82, 2.24) is 0 Å². The molecule has 0 heterocycles. The molecule has 0 saturated heterocycles. The van der Waals surface area contributed by atoms with Gasteiger partial charge < -0.3 is 20.1 Å². The SMILES string of the molecule is COc1ccc(CCNc2ccc(NC(=O)c3cccc(F)c3)cc2)cc1OC. The van der Waals surface area contributed by atoms with E-state index < -0.39 is 5.82 Å². The summed E-state index contributed by atoms with van der Waals surface area (Å²) in [6, 6.07) is 18.8. The van der Waals surface area contributed by atoms with Gasteiger partial charge in [-0.05, 0) is 66.6 Å². The molecule has 0 atom stereocenters. The molecule has 2 N–H and O–H groups in total. The van der Waals surface area contributed by atoms with Gasteiger partial charge in [0.05, 0.1) is 14.2 Å². The Morgan fingerprint density at radius 2 is 1.62 bits per heavy atom. The van der Waals surface area contributed by atoms with Gasteiger partial charge in [-0.1, -0.05) is 12.1 Å². The second-order valence-electron chi connectivity index (χ2n) is 6.41. The zero-order chi connectivity index (χ0) is 20.6. The molecule has 3 aromatic carbocycles. The van der Waals surface area contributed by atoms with Gasteiger partial charge in [-0.3, -0.25) is 4.79 Å². The van der Waals surface area contributed by atoms with E-state index in [1.807, 2.05) is 30.3 Å². The minimum Gasteiger partial charge on any atom is -0.493 e. The molecule has 0 aliphatic heterocycles. The number of nitrogens with one attached hydrogen (secondary N) is 2. The van der Waals surface area contributed by atoms with E-state index in [1.54, 1.807) is 32.4 Å². The Labute approximate surface area is 169 Å². The third kappa shape index (κ3) is 5.48. The zero-order valence-electron chi connectivity index (χ0n) is 16.4. The molecule has 0 saturated carbocycles. The number of halogens is 1. The fourth-order valence-electron chi connectivity index (χ4n) is 2.89. The van der Waals surface area contributed by atoms with E-state index >= 15 is 0 Å². The lowest BCUT2D eigenvalue weighted by molar-refractivity contribution is 0.102. The Balaban J connectivity index is 1.52. The van der Waals surface area contributed by atoms with Gasteiger partial charge in [0.15, 0.2) is 11.5 Å². The molecule has 1 amide bonds. The van der Waals surface area contributed by atoms with Crippen LogP contribution in [0, 0.1) is 5.82 Å². The highest BCUT2D eigenvalue weighted by Gasteiger charge is 2.07. The number of hydrogen-bond donors (Lipinski definition) is 2. The van der Waals surface area contributed by atoms with Gasteiger partial charge >= 0.3 is 0 Å². The average Bonchev–Trinajstić information content (AvgIpc) is 2.74. The molecular formula is C23H23FN2O3. The van der Waals surface area contributed by atoms with Gasteiger partial charge in [-0.25, -0.2) is 4.39 Å². The van der Waals surface area contributed by atoms with Crippen molar-refractivity contribution in [2.24, 2.45) is 0 Å². The van der Waals surface area contributed by atoms with Gasteiger partial charge in [0.1, 0.15) is 5.82 Å². The summed E-state index contributed by atoms with van der Waals surface area (Å²) in [5, 5.41) is 6.10. The van der Waals surface area contributed by atoms with Crippen LogP contribution in [0.1, 0.15) is 15.9 Å². The monoisotopic (exact) mass is 394 g/mol. The second kappa shape index (κ2) is 9.59. The van der Waals surface area contributed by atoms with Crippen molar-refractivity contribution in [3.8, 4) is 11.5 Å². The minimum absolute atomic E-state index is 0.280. The van der Waals surface area contributed by atoms with Crippen molar-refractivity contribution in [3.63, 3.8) is 0 Å². The molecule has 0 radical (unpaired) electrons. The fourth-order valence-corrected chi connectivity index (χ4v) is 2.89. The maximum absolute atomic E-state index is 13.2. The van der Waals surface area contributed by atoms with Gasteiger partial charge in [-0.15, -0.1) is 0 Å². The second-order valence-corrected chi connectivity index (χ2v) is 6.41. The Hall–Kier alpha value is -3.54. The summed E-state index contributed by atoms with van der Waals surface area (Å²) in [5.74, 6) is 0.633. The first-order chi connectivity index (χ1) is 14.1. The summed E-state index contributed by atoms with van der Waals surface area (Å²) in [6.45, 7) is 0.741. The van der Waals surface area contributed by atoms with Gasteiger partial charge in [0.2, 0.25) is 0 Å². The maximum atomic E-state index is 13.2. The van der Waals surface area contributed by atoms with Crippen LogP contribution in [-0.4, -0.2) is 26.7 Å². The lowest BCUT2D eigenvalue weighted by Crippen LogP contribution is -2.12. The molecule has 0 bridgehead atoms. The molecule has 3 rings (SSSR count). The van der Waals surface area contributed by atoms with E-state index in [0.29, 0.717) is 17.2 Å². The molecule has 0 aliphatic rings. The van der Waals surface area contributed by atoms with E-state index in [4.69, 9.17) is 9.47 Å². The molecular weight excluding hydrogens is 371 g/mol. The molecule has 0 aromatic heterocycles. The standard InChI is InChI=1S/C23H23FN2O3/c1-28-21-11-6-16(14-22(21)29-2)12-13-25-19-7-9-20(10-8-19)26-23(27)17-4-3-5-18(24)15-17/h3-11,14-15,25H,12-13H2,1-2H3,(H,26,27). The molecule has 5 nitrogen and oxygen atoms in total. The van der Waals surface area contributed by atoms with Gasteiger partial charge in [0.25, 0.3) is 5.91 Å². The summed E-state index contributed by atoms with van der Waals surface area (Å²) in [4.78, 5) is 12.2. The Morgan fingerprint density at radius 1 is 0.897 bits per heavy atom. The highest BCUT2D eigenvalue weighted by molar-refractivity contribution is 6.04. The predicted molar refractivity (Wildman–Crippen MR) is 113 cm³/mol. The van der Waals surface area contributed by atoms with Crippen LogP contribution in [0.25, 0.3) is 0 Å². The summed E-state index contributed by atoms with van der Waals surface area (Å²) in [6.07, 6.45) is 0.818. The molecule has 6 heteroatoms. The highest BCUT2D eigenvalue weighted by atomic mass is 19.1. The van der Waals surface area contributed by atoms with Crippen LogP contribution in [0.3, 0.4) is 0 Å². The van der Waals surface area contributed by atoms with E-state index in [0.717, 1.165) is 24.2 Å². The summed E-state index contributed by atoms with van der Waals surface area (Å²) in [7, 11) is 3.23. The number of carbonyl (C=O) groups excluding carboxylic acids is 1. The van der Waals surface area contributed by atoms with Crippen LogP contribution in [-0.2, 0) is 6.42 Å². The Bertz CT molecular complexity index is 974. The highest BCUT2D eigenvalue weighted by Crippen LogP contribution is 2.27. The van der Waals surface area contributed by atoms with Crippen molar-refractivity contribution < 1.29 is 18.7 Å². The number of anilines is 2. The van der Waals surface area contributed by atoms with Gasteiger partial charge in [-0.2, -0.15) is 0 Å². The van der Waals surface area contributed by atoms with E-state index in [9.17, 15) is 9.18 Å². The normalized spacial score (nSPS) is 10.3. The zero-order valence-corrected chi connectivity index (χ0v) is 16.4. The molecule has 3 aromatic rings. The molecule has 0 aliphatic carbocycles. The quantitative estimate of drug-likeness (QED) is 0.579. The first-order valence-electron chi connectivity index (χ1n) is 9.21. The van der Waals surface area contributed by atoms with Crippen LogP contribution in [0.5, 0.6) is 11.5 Å². The third-order valence-corrected chi connectivity index (χ3v) is 4.42. The number of carbonyl (C=O) groups is 1. The number of methoxy groups -OCH3 is 2. The molecule has 29 heavy (non-hydrogen) atoms. The van der Waals surface area contributed by atoms with Crippen LogP contribution in [0.4, 0.5) is 15.8 Å². The van der Waals surface area contributed by atoms with Crippen molar-refractivity contribution in [2.45, 2.75) is 6.42 Å². The van der Waals surface area contributed by atoms with E-state index in [-0.39, 0.29) is 11.5 Å². The summed E-state index contributed by atoms with van der Waals surface area (Å²) < 4.78 is 23.8. The van der Waals surface area contributed by atoms with E-state index in [1.165, 1.54) is 18.2 Å². The third-order valence-electron chi connectivity index (χ3n) is 4.42.